The predicted molar refractivity (Wildman–Crippen MR) is 138 cm³/mol. The molecular formula is C27H29N7O5. The number of rotatable bonds is 7. The average molecular weight is 532 g/mol. The van der Waals surface area contributed by atoms with Crippen LogP contribution in [0.2, 0.25) is 0 Å². The minimum Gasteiger partial charge on any atom is -0.481 e. The first-order chi connectivity index (χ1) is 18.8. The van der Waals surface area contributed by atoms with Crippen LogP contribution in [0.3, 0.4) is 0 Å². The van der Waals surface area contributed by atoms with E-state index in [2.05, 4.69) is 31.0 Å². The summed E-state index contributed by atoms with van der Waals surface area (Å²) in [5, 5.41) is 22.4. The molecule has 7 rings (SSSR count). The van der Waals surface area contributed by atoms with Crippen molar-refractivity contribution in [1.82, 2.24) is 30.2 Å². The second-order valence-electron chi connectivity index (χ2n) is 11.0. The highest BCUT2D eigenvalue weighted by molar-refractivity contribution is 5.98. The monoisotopic (exact) mass is 531 g/mol. The standard InChI is InChI=1S/C27H29N7O5/c35-21-4-3-17-2-1-16(11-18(17)32-21)13-28-22(36)19-12-20(34-25(33-19)30-15-31-34)23(37)29-14-26-5-8-27(9-6-26,10-7-26)24(38)39/h1-2,11-12,15H,3-10,13-14H2,(H,28,36)(H,29,37)(H,32,35)(H,38,39). The van der Waals surface area contributed by atoms with Gasteiger partial charge in [-0.15, -0.1) is 0 Å². The van der Waals surface area contributed by atoms with Gasteiger partial charge in [0.15, 0.2) is 0 Å². The Balaban J connectivity index is 1.14. The molecule has 2 bridgehead atoms. The molecule has 0 radical (unpaired) electrons. The number of hydrogen-bond donors (Lipinski definition) is 4. The largest absolute Gasteiger partial charge is 0.481 e. The minimum atomic E-state index is -0.714. The van der Waals surface area contributed by atoms with Crippen LogP contribution in [0.1, 0.15) is 77.0 Å². The molecule has 4 aliphatic rings. The third kappa shape index (κ3) is 4.59. The number of aromatic nitrogens is 4. The zero-order chi connectivity index (χ0) is 27.2. The van der Waals surface area contributed by atoms with Gasteiger partial charge >= 0.3 is 5.97 Å². The lowest BCUT2D eigenvalue weighted by molar-refractivity contribution is -0.158. The quantitative estimate of drug-likeness (QED) is 0.359. The van der Waals surface area contributed by atoms with Gasteiger partial charge in [0.05, 0.1) is 5.41 Å². The fourth-order valence-electron chi connectivity index (χ4n) is 6.10. The molecule has 1 aliphatic heterocycles. The molecule has 3 aromatic rings. The van der Waals surface area contributed by atoms with E-state index in [1.54, 1.807) is 0 Å². The zero-order valence-corrected chi connectivity index (χ0v) is 21.3. The lowest BCUT2D eigenvalue weighted by Gasteiger charge is -2.51. The number of nitrogens with zero attached hydrogens (tertiary/aromatic N) is 4. The molecular weight excluding hydrogens is 502 g/mol. The van der Waals surface area contributed by atoms with Gasteiger partial charge < -0.3 is 21.1 Å². The number of fused-ring (bicyclic) bond motifs is 5. The first kappa shape index (κ1) is 25.0. The Bertz CT molecular complexity index is 1490. The van der Waals surface area contributed by atoms with Crippen molar-refractivity contribution in [3.8, 4) is 0 Å². The van der Waals surface area contributed by atoms with Crippen molar-refractivity contribution in [1.29, 1.82) is 0 Å². The summed E-state index contributed by atoms with van der Waals surface area (Å²) >= 11 is 0. The molecule has 4 N–H and O–H groups in total. The van der Waals surface area contributed by atoms with Gasteiger partial charge in [-0.2, -0.15) is 14.6 Å². The van der Waals surface area contributed by atoms with E-state index in [0.29, 0.717) is 38.6 Å². The van der Waals surface area contributed by atoms with Gasteiger partial charge in [-0.05, 0) is 67.6 Å². The Labute approximate surface area is 223 Å². The van der Waals surface area contributed by atoms with Gasteiger partial charge in [0.2, 0.25) is 5.91 Å². The molecule has 3 heterocycles. The van der Waals surface area contributed by atoms with Crippen LogP contribution in [0, 0.1) is 10.8 Å². The number of carbonyl (C=O) groups is 4. The minimum absolute atomic E-state index is 0.0275. The molecule has 12 nitrogen and oxygen atoms in total. The number of aryl methyl sites for hydroxylation is 1. The van der Waals surface area contributed by atoms with E-state index in [4.69, 9.17) is 0 Å². The molecule has 2 aromatic heterocycles. The molecule has 3 saturated carbocycles. The highest BCUT2D eigenvalue weighted by Crippen LogP contribution is 2.56. The van der Waals surface area contributed by atoms with Crippen LogP contribution in [0.25, 0.3) is 5.78 Å². The van der Waals surface area contributed by atoms with Crippen LogP contribution in [-0.4, -0.2) is 54.9 Å². The van der Waals surface area contributed by atoms with Crippen LogP contribution in [0.15, 0.2) is 30.6 Å². The molecule has 12 heteroatoms. The molecule has 0 saturated heterocycles. The number of aliphatic carboxylic acids is 1. The Morgan fingerprint density at radius 2 is 1.77 bits per heavy atom. The maximum absolute atomic E-state index is 13.3. The van der Waals surface area contributed by atoms with E-state index in [1.165, 1.54) is 16.9 Å². The summed E-state index contributed by atoms with van der Waals surface area (Å²) in [6.45, 7) is 0.639. The summed E-state index contributed by atoms with van der Waals surface area (Å²) in [5.41, 5.74) is 2.07. The van der Waals surface area contributed by atoms with Gasteiger partial charge in [-0.25, -0.2) is 4.98 Å². The second kappa shape index (κ2) is 9.44. The van der Waals surface area contributed by atoms with Crippen LogP contribution in [0.4, 0.5) is 5.69 Å². The SMILES string of the molecule is O=C1CCc2ccc(CNC(=O)c3cc(C(=O)NCC45CCC(C(=O)O)(CC4)CC5)n4ncnc4n3)cc2N1. The van der Waals surface area contributed by atoms with Gasteiger partial charge in [0, 0.05) is 31.3 Å². The summed E-state index contributed by atoms with van der Waals surface area (Å²) < 4.78 is 1.30. The van der Waals surface area contributed by atoms with Crippen LogP contribution in [-0.2, 0) is 22.6 Å². The summed E-state index contributed by atoms with van der Waals surface area (Å²) in [7, 11) is 0. The normalized spacial score (nSPS) is 23.6. The first-order valence-electron chi connectivity index (χ1n) is 13.2. The topological polar surface area (TPSA) is 168 Å². The van der Waals surface area contributed by atoms with Crippen molar-refractivity contribution in [3.63, 3.8) is 0 Å². The molecule has 3 aliphatic carbocycles. The fourth-order valence-corrected chi connectivity index (χ4v) is 6.10. The number of carboxylic acid groups (broad SMARTS) is 1. The summed E-state index contributed by atoms with van der Waals surface area (Å²) in [6.07, 6.45) is 6.57. The van der Waals surface area contributed by atoms with E-state index in [0.717, 1.165) is 36.1 Å². The molecule has 202 valence electrons. The molecule has 3 fully saturated rings. The van der Waals surface area contributed by atoms with E-state index < -0.39 is 23.2 Å². The average Bonchev–Trinajstić information content (AvgIpc) is 3.44. The lowest BCUT2D eigenvalue weighted by Crippen LogP contribution is -2.50. The smallest absolute Gasteiger partial charge is 0.309 e. The molecule has 39 heavy (non-hydrogen) atoms. The maximum Gasteiger partial charge on any atom is 0.309 e. The number of carbonyl (C=O) groups excluding carboxylic acids is 3. The van der Waals surface area contributed by atoms with Gasteiger partial charge in [-0.1, -0.05) is 12.1 Å². The van der Waals surface area contributed by atoms with E-state index in [9.17, 15) is 24.3 Å². The highest BCUT2D eigenvalue weighted by atomic mass is 16.4. The number of anilines is 1. The van der Waals surface area contributed by atoms with E-state index >= 15 is 0 Å². The van der Waals surface area contributed by atoms with Crippen LogP contribution < -0.4 is 16.0 Å². The number of amides is 3. The van der Waals surface area contributed by atoms with Crippen molar-refractivity contribution >= 4 is 35.2 Å². The van der Waals surface area contributed by atoms with Crippen LogP contribution >= 0.6 is 0 Å². The number of benzene rings is 1. The Morgan fingerprint density at radius 1 is 1.00 bits per heavy atom. The van der Waals surface area contributed by atoms with E-state index in [1.807, 2.05) is 18.2 Å². The molecule has 3 amide bonds. The summed E-state index contributed by atoms with van der Waals surface area (Å²) in [4.78, 5) is 58.1. The van der Waals surface area contributed by atoms with E-state index in [-0.39, 0.29) is 35.0 Å². The Hall–Kier alpha value is -4.35. The Morgan fingerprint density at radius 3 is 2.51 bits per heavy atom. The predicted octanol–water partition coefficient (Wildman–Crippen LogP) is 2.09. The molecule has 1 aromatic carbocycles. The van der Waals surface area contributed by atoms with Crippen molar-refractivity contribution in [3.05, 3.63) is 53.1 Å². The van der Waals surface area contributed by atoms with Gasteiger partial charge in [0.25, 0.3) is 17.6 Å². The van der Waals surface area contributed by atoms with Gasteiger partial charge in [0.1, 0.15) is 17.7 Å². The summed E-state index contributed by atoms with van der Waals surface area (Å²) in [6, 6.07) is 7.09. The fraction of sp³-hybridized carbons (Fsp3) is 0.444. The highest BCUT2D eigenvalue weighted by Gasteiger charge is 2.52. The third-order valence-electron chi connectivity index (χ3n) is 8.72. The second-order valence-corrected chi connectivity index (χ2v) is 11.0. The number of nitrogens with one attached hydrogen (secondary N) is 3. The lowest BCUT2D eigenvalue weighted by atomic mass is 9.53. The number of carboxylic acids is 1. The van der Waals surface area contributed by atoms with Crippen molar-refractivity contribution in [2.75, 3.05) is 11.9 Å². The number of hydrogen-bond acceptors (Lipinski definition) is 7. The molecule has 0 atom stereocenters. The molecule has 0 unspecified atom stereocenters. The van der Waals surface area contributed by atoms with Gasteiger partial charge in [-0.3, -0.25) is 19.2 Å². The third-order valence-corrected chi connectivity index (χ3v) is 8.72. The molecule has 0 spiro atoms. The van der Waals surface area contributed by atoms with Crippen molar-refractivity contribution < 1.29 is 24.3 Å². The zero-order valence-electron chi connectivity index (χ0n) is 21.3. The Kier molecular flexibility index (Phi) is 6.04. The maximum atomic E-state index is 13.3. The summed E-state index contributed by atoms with van der Waals surface area (Å²) in [5.74, 6) is -1.49. The first-order valence-corrected chi connectivity index (χ1v) is 13.2. The van der Waals surface area contributed by atoms with Crippen LogP contribution in [0.5, 0.6) is 0 Å². The van der Waals surface area contributed by atoms with Crippen molar-refractivity contribution in [2.45, 2.75) is 57.9 Å². The van der Waals surface area contributed by atoms with Crippen molar-refractivity contribution in [2.24, 2.45) is 10.8 Å².